The highest BCUT2D eigenvalue weighted by Gasteiger charge is 2.56. The van der Waals surface area contributed by atoms with Gasteiger partial charge in [0.25, 0.3) is 0 Å². The maximum atomic E-state index is 12.5. The predicted molar refractivity (Wildman–Crippen MR) is 85.2 cm³/mol. The Morgan fingerprint density at radius 3 is 2.17 bits per heavy atom. The number of hydrogen-bond acceptors (Lipinski definition) is 6. The van der Waals surface area contributed by atoms with Crippen molar-refractivity contribution in [3.8, 4) is 0 Å². The van der Waals surface area contributed by atoms with Crippen LogP contribution < -0.4 is 0 Å². The highest BCUT2D eigenvalue weighted by atomic mass is 16.5. The summed E-state index contributed by atoms with van der Waals surface area (Å²) in [5.41, 5.74) is 0.00108. The van der Waals surface area contributed by atoms with Gasteiger partial charge in [0.2, 0.25) is 0 Å². The van der Waals surface area contributed by atoms with E-state index < -0.39 is 41.1 Å². The van der Waals surface area contributed by atoms with Crippen LogP contribution in [0.5, 0.6) is 0 Å². The van der Waals surface area contributed by atoms with Crippen LogP contribution in [0.2, 0.25) is 0 Å². The lowest BCUT2D eigenvalue weighted by molar-refractivity contribution is -0.170. The number of carbonyl (C=O) groups excluding carboxylic acids is 3. The summed E-state index contributed by atoms with van der Waals surface area (Å²) in [6.45, 7) is 3.32. The van der Waals surface area contributed by atoms with E-state index in [0.717, 1.165) is 5.56 Å². The molecule has 0 radical (unpaired) electrons. The average molecular weight is 334 g/mol. The molecular formula is C18H22O6. The summed E-state index contributed by atoms with van der Waals surface area (Å²) in [4.78, 5) is 37.1. The third-order valence-corrected chi connectivity index (χ3v) is 4.64. The van der Waals surface area contributed by atoms with Crippen molar-refractivity contribution in [2.45, 2.75) is 31.8 Å². The van der Waals surface area contributed by atoms with Crippen LogP contribution in [0.4, 0.5) is 0 Å². The van der Waals surface area contributed by atoms with Gasteiger partial charge < -0.3 is 14.6 Å². The molecule has 1 N–H and O–H groups in total. The Morgan fingerprint density at radius 1 is 1.12 bits per heavy atom. The quantitative estimate of drug-likeness (QED) is 0.663. The van der Waals surface area contributed by atoms with Crippen LogP contribution in [-0.4, -0.2) is 42.6 Å². The van der Waals surface area contributed by atoms with Crippen molar-refractivity contribution in [1.29, 1.82) is 0 Å². The lowest BCUT2D eigenvalue weighted by Gasteiger charge is -2.43. The SMILES string of the molecule is COC(=O)[C@H]1C(=O)C[C@@](C)(O)[C@@H](C(=O)OC)[C@@H]1c1ccc(C)cc1. The second kappa shape index (κ2) is 6.73. The zero-order valence-electron chi connectivity index (χ0n) is 14.2. The van der Waals surface area contributed by atoms with Gasteiger partial charge in [-0.3, -0.25) is 14.4 Å². The minimum Gasteiger partial charge on any atom is -0.469 e. The van der Waals surface area contributed by atoms with Gasteiger partial charge in [-0.25, -0.2) is 0 Å². The molecule has 0 bridgehead atoms. The second-order valence-electron chi connectivity index (χ2n) is 6.44. The first-order valence-electron chi connectivity index (χ1n) is 7.70. The van der Waals surface area contributed by atoms with Crippen LogP contribution in [0.1, 0.15) is 30.4 Å². The summed E-state index contributed by atoms with van der Waals surface area (Å²) >= 11 is 0. The molecule has 0 saturated heterocycles. The lowest BCUT2D eigenvalue weighted by atomic mass is 9.61. The van der Waals surface area contributed by atoms with Gasteiger partial charge in [0.05, 0.1) is 25.7 Å². The molecule has 6 heteroatoms. The van der Waals surface area contributed by atoms with Crippen LogP contribution in [0.15, 0.2) is 24.3 Å². The molecule has 1 aromatic rings. The number of rotatable bonds is 3. The van der Waals surface area contributed by atoms with E-state index in [1.807, 2.05) is 19.1 Å². The first kappa shape index (κ1) is 18.1. The maximum absolute atomic E-state index is 12.5. The van der Waals surface area contributed by atoms with Gasteiger partial charge in [-0.15, -0.1) is 0 Å². The van der Waals surface area contributed by atoms with Crippen molar-refractivity contribution >= 4 is 17.7 Å². The number of ketones is 1. The Bertz CT molecular complexity index is 646. The molecule has 0 spiro atoms. The molecule has 24 heavy (non-hydrogen) atoms. The van der Waals surface area contributed by atoms with E-state index in [9.17, 15) is 19.5 Å². The number of benzene rings is 1. The number of aryl methyl sites for hydroxylation is 1. The summed E-state index contributed by atoms with van der Waals surface area (Å²) in [7, 11) is 2.41. The van der Waals surface area contributed by atoms with Gasteiger partial charge in [0.1, 0.15) is 5.92 Å². The summed E-state index contributed by atoms with van der Waals surface area (Å²) in [5.74, 6) is -4.87. The maximum Gasteiger partial charge on any atom is 0.316 e. The minimum absolute atomic E-state index is 0.311. The zero-order valence-corrected chi connectivity index (χ0v) is 14.2. The van der Waals surface area contributed by atoms with Crippen LogP contribution in [0.25, 0.3) is 0 Å². The fourth-order valence-corrected chi connectivity index (χ4v) is 3.46. The first-order valence-corrected chi connectivity index (χ1v) is 7.70. The van der Waals surface area contributed by atoms with Gasteiger partial charge >= 0.3 is 11.9 Å². The van der Waals surface area contributed by atoms with Crippen LogP contribution >= 0.6 is 0 Å². The molecule has 1 aliphatic carbocycles. The van der Waals surface area contributed by atoms with E-state index in [-0.39, 0.29) is 6.42 Å². The Labute approximate surface area is 140 Å². The molecule has 4 atom stereocenters. The highest BCUT2D eigenvalue weighted by Crippen LogP contribution is 2.46. The monoisotopic (exact) mass is 334 g/mol. The first-order chi connectivity index (χ1) is 11.2. The average Bonchev–Trinajstić information content (AvgIpc) is 2.53. The van der Waals surface area contributed by atoms with E-state index in [1.165, 1.54) is 21.1 Å². The molecule has 2 rings (SSSR count). The Kier molecular flexibility index (Phi) is 5.08. The highest BCUT2D eigenvalue weighted by molar-refractivity contribution is 6.02. The molecular weight excluding hydrogens is 312 g/mol. The van der Waals surface area contributed by atoms with E-state index >= 15 is 0 Å². The zero-order chi connectivity index (χ0) is 18.1. The number of methoxy groups -OCH3 is 2. The smallest absolute Gasteiger partial charge is 0.316 e. The van der Waals surface area contributed by atoms with Crippen molar-refractivity contribution in [2.24, 2.45) is 11.8 Å². The predicted octanol–water partition coefficient (Wildman–Crippen LogP) is 1.38. The van der Waals surface area contributed by atoms with Crippen LogP contribution in [0, 0.1) is 18.8 Å². The largest absolute Gasteiger partial charge is 0.469 e. The Hall–Kier alpha value is -2.21. The second-order valence-corrected chi connectivity index (χ2v) is 6.44. The third-order valence-electron chi connectivity index (χ3n) is 4.64. The topological polar surface area (TPSA) is 89.9 Å². The fourth-order valence-electron chi connectivity index (χ4n) is 3.46. The number of esters is 2. The molecule has 1 aromatic carbocycles. The Morgan fingerprint density at radius 2 is 1.67 bits per heavy atom. The van der Waals surface area contributed by atoms with E-state index in [4.69, 9.17) is 9.47 Å². The number of aliphatic hydroxyl groups is 1. The van der Waals surface area contributed by atoms with Gasteiger partial charge in [-0.2, -0.15) is 0 Å². The van der Waals surface area contributed by atoms with Crippen molar-refractivity contribution in [3.63, 3.8) is 0 Å². The van der Waals surface area contributed by atoms with Gasteiger partial charge in [0.15, 0.2) is 5.78 Å². The van der Waals surface area contributed by atoms with Crippen LogP contribution in [-0.2, 0) is 23.9 Å². The fraction of sp³-hybridized carbons (Fsp3) is 0.500. The summed E-state index contributed by atoms with van der Waals surface area (Å²) in [6, 6.07) is 7.15. The molecule has 1 saturated carbocycles. The Balaban J connectivity index is 2.63. The van der Waals surface area contributed by atoms with Crippen molar-refractivity contribution in [2.75, 3.05) is 14.2 Å². The number of ether oxygens (including phenoxy) is 2. The molecule has 6 nitrogen and oxygen atoms in total. The molecule has 130 valence electrons. The van der Waals surface area contributed by atoms with E-state index in [1.54, 1.807) is 12.1 Å². The molecule has 1 aliphatic rings. The van der Waals surface area contributed by atoms with Crippen molar-refractivity contribution < 1.29 is 29.0 Å². The number of carbonyl (C=O) groups is 3. The number of Topliss-reactive ketones (excluding diaryl/α,β-unsaturated/α-hetero) is 1. The minimum atomic E-state index is -1.61. The summed E-state index contributed by atoms with van der Waals surface area (Å²) < 4.78 is 9.61. The van der Waals surface area contributed by atoms with Gasteiger partial charge in [-0.05, 0) is 19.4 Å². The lowest BCUT2D eigenvalue weighted by Crippen LogP contribution is -2.55. The standard InChI is InChI=1S/C18H22O6/c1-10-5-7-11(8-6-10)13-14(16(20)23-3)12(19)9-18(2,22)15(13)17(21)24-4/h5-8,13-15,22H,9H2,1-4H3/t13-,14+,15-,18-/m1/s1. The third kappa shape index (κ3) is 3.19. The number of hydrogen-bond donors (Lipinski definition) is 1. The molecule has 0 amide bonds. The van der Waals surface area contributed by atoms with Gasteiger partial charge in [0, 0.05) is 12.3 Å². The molecule has 0 unspecified atom stereocenters. The summed E-state index contributed by atoms with van der Waals surface area (Å²) in [6.07, 6.45) is -0.311. The van der Waals surface area contributed by atoms with Crippen LogP contribution in [0.3, 0.4) is 0 Å². The molecule has 0 heterocycles. The van der Waals surface area contributed by atoms with Gasteiger partial charge in [-0.1, -0.05) is 29.8 Å². The molecule has 1 fully saturated rings. The normalized spacial score (nSPS) is 29.9. The molecule has 0 aromatic heterocycles. The van der Waals surface area contributed by atoms with Crippen molar-refractivity contribution in [3.05, 3.63) is 35.4 Å². The molecule has 0 aliphatic heterocycles. The van der Waals surface area contributed by atoms with E-state index in [0.29, 0.717) is 5.56 Å². The van der Waals surface area contributed by atoms with Crippen molar-refractivity contribution in [1.82, 2.24) is 0 Å². The summed E-state index contributed by atoms with van der Waals surface area (Å²) in [5, 5.41) is 10.7. The van der Waals surface area contributed by atoms with E-state index in [2.05, 4.69) is 0 Å².